The lowest BCUT2D eigenvalue weighted by Crippen LogP contribution is -2.28. The molecule has 7 heteroatoms. The molecule has 0 saturated carbocycles. The molecule has 3 rings (SSSR count). The van der Waals surface area contributed by atoms with Gasteiger partial charge in [0.1, 0.15) is 5.60 Å². The van der Waals surface area contributed by atoms with Gasteiger partial charge in [-0.05, 0) is 68.8 Å². The molecule has 7 nitrogen and oxygen atoms in total. The van der Waals surface area contributed by atoms with Gasteiger partial charge in [0.2, 0.25) is 0 Å². The standard InChI is InChI=1S/C25H27N3O4/c1-5-26-22(29)18-11-8-12-19(13-18)27-23(30)20-14-16-9-6-7-10-17(16)15-21(20)28-24(31)32-25(2,3)4/h6-15H,5H2,1-4H3,(H,26,29)(H,27,30)(H,28,31). The Morgan fingerprint density at radius 2 is 1.53 bits per heavy atom. The van der Waals surface area contributed by atoms with E-state index in [-0.39, 0.29) is 11.5 Å². The van der Waals surface area contributed by atoms with Gasteiger partial charge >= 0.3 is 6.09 Å². The summed E-state index contributed by atoms with van der Waals surface area (Å²) in [6.07, 6.45) is -0.653. The second-order valence-corrected chi connectivity index (χ2v) is 8.27. The number of rotatable bonds is 5. The number of nitrogens with one attached hydrogen (secondary N) is 3. The summed E-state index contributed by atoms with van der Waals surface area (Å²) in [7, 11) is 0. The van der Waals surface area contributed by atoms with E-state index in [1.165, 1.54) is 0 Å². The summed E-state index contributed by atoms with van der Waals surface area (Å²) in [5.41, 5.74) is 0.835. The second kappa shape index (κ2) is 9.51. The molecule has 0 atom stereocenters. The zero-order valence-corrected chi connectivity index (χ0v) is 18.6. The molecule has 0 radical (unpaired) electrons. The van der Waals surface area contributed by atoms with Crippen LogP contribution in [0.4, 0.5) is 16.2 Å². The van der Waals surface area contributed by atoms with Gasteiger partial charge in [0, 0.05) is 17.8 Å². The van der Waals surface area contributed by atoms with Crippen molar-refractivity contribution in [2.24, 2.45) is 0 Å². The van der Waals surface area contributed by atoms with Gasteiger partial charge in [-0.15, -0.1) is 0 Å². The molecule has 0 bridgehead atoms. The molecule has 0 aliphatic heterocycles. The summed E-state index contributed by atoms with van der Waals surface area (Å²) in [5.74, 6) is -0.642. The molecule has 3 aromatic carbocycles. The minimum Gasteiger partial charge on any atom is -0.444 e. The van der Waals surface area contributed by atoms with E-state index in [0.29, 0.717) is 23.5 Å². The van der Waals surface area contributed by atoms with Crippen molar-refractivity contribution in [3.8, 4) is 0 Å². The highest BCUT2D eigenvalue weighted by atomic mass is 16.6. The van der Waals surface area contributed by atoms with E-state index in [1.54, 1.807) is 57.2 Å². The molecule has 0 aliphatic rings. The molecule has 0 heterocycles. The Morgan fingerprint density at radius 1 is 0.844 bits per heavy atom. The molecule has 3 N–H and O–H groups in total. The van der Waals surface area contributed by atoms with E-state index >= 15 is 0 Å². The van der Waals surface area contributed by atoms with E-state index in [9.17, 15) is 14.4 Å². The molecule has 0 saturated heterocycles. The largest absolute Gasteiger partial charge is 0.444 e. The summed E-state index contributed by atoms with van der Waals surface area (Å²) in [4.78, 5) is 37.6. The fourth-order valence-electron chi connectivity index (χ4n) is 3.14. The van der Waals surface area contributed by atoms with Gasteiger partial charge in [-0.1, -0.05) is 30.3 Å². The molecule has 0 aromatic heterocycles. The van der Waals surface area contributed by atoms with E-state index < -0.39 is 17.6 Å². The summed E-state index contributed by atoms with van der Waals surface area (Å²) >= 11 is 0. The summed E-state index contributed by atoms with van der Waals surface area (Å²) in [6, 6.07) is 17.7. The van der Waals surface area contributed by atoms with Crippen LogP contribution in [0.2, 0.25) is 0 Å². The van der Waals surface area contributed by atoms with Crippen LogP contribution in [0.5, 0.6) is 0 Å². The fraction of sp³-hybridized carbons (Fsp3) is 0.240. The van der Waals surface area contributed by atoms with Crippen LogP contribution in [0.15, 0.2) is 60.7 Å². The Bertz CT molecular complexity index is 1170. The highest BCUT2D eigenvalue weighted by Gasteiger charge is 2.20. The van der Waals surface area contributed by atoms with Gasteiger partial charge in [0.15, 0.2) is 0 Å². The Kier molecular flexibility index (Phi) is 6.78. The average Bonchev–Trinajstić information content (AvgIpc) is 2.72. The van der Waals surface area contributed by atoms with E-state index in [0.717, 1.165) is 10.8 Å². The first-order valence-corrected chi connectivity index (χ1v) is 10.4. The van der Waals surface area contributed by atoms with Crippen LogP contribution in [-0.2, 0) is 4.74 Å². The lowest BCUT2D eigenvalue weighted by atomic mass is 10.0. The van der Waals surface area contributed by atoms with Crippen LogP contribution >= 0.6 is 0 Å². The first-order chi connectivity index (χ1) is 15.2. The van der Waals surface area contributed by atoms with Crippen molar-refractivity contribution in [2.75, 3.05) is 17.2 Å². The number of hydrogen-bond donors (Lipinski definition) is 3. The number of carbonyl (C=O) groups is 3. The number of hydrogen-bond acceptors (Lipinski definition) is 4. The number of benzene rings is 3. The fourth-order valence-corrected chi connectivity index (χ4v) is 3.14. The van der Waals surface area contributed by atoms with Crippen molar-refractivity contribution in [3.05, 3.63) is 71.8 Å². The predicted molar refractivity (Wildman–Crippen MR) is 126 cm³/mol. The van der Waals surface area contributed by atoms with Gasteiger partial charge in [0.25, 0.3) is 11.8 Å². The van der Waals surface area contributed by atoms with Crippen LogP contribution in [-0.4, -0.2) is 30.1 Å². The smallest absolute Gasteiger partial charge is 0.412 e. The molecule has 166 valence electrons. The topological polar surface area (TPSA) is 96.5 Å². The molecular weight excluding hydrogens is 406 g/mol. The lowest BCUT2D eigenvalue weighted by molar-refractivity contribution is 0.0635. The van der Waals surface area contributed by atoms with Gasteiger partial charge in [-0.3, -0.25) is 14.9 Å². The van der Waals surface area contributed by atoms with Crippen molar-refractivity contribution in [1.29, 1.82) is 0 Å². The monoisotopic (exact) mass is 433 g/mol. The highest BCUT2D eigenvalue weighted by molar-refractivity contribution is 6.12. The third-order valence-electron chi connectivity index (χ3n) is 4.49. The van der Waals surface area contributed by atoms with Gasteiger partial charge in [-0.25, -0.2) is 4.79 Å². The third-order valence-corrected chi connectivity index (χ3v) is 4.49. The van der Waals surface area contributed by atoms with Crippen LogP contribution in [0.1, 0.15) is 48.4 Å². The Morgan fingerprint density at radius 3 is 2.19 bits per heavy atom. The number of amides is 3. The number of carbonyl (C=O) groups excluding carboxylic acids is 3. The zero-order valence-electron chi connectivity index (χ0n) is 18.6. The second-order valence-electron chi connectivity index (χ2n) is 8.27. The van der Waals surface area contributed by atoms with Gasteiger partial charge in [0.05, 0.1) is 11.3 Å². The molecule has 3 aromatic rings. The van der Waals surface area contributed by atoms with Crippen molar-refractivity contribution in [1.82, 2.24) is 5.32 Å². The Hall–Kier alpha value is -3.87. The third kappa shape index (κ3) is 5.85. The van der Waals surface area contributed by atoms with Crippen molar-refractivity contribution >= 4 is 40.1 Å². The highest BCUT2D eigenvalue weighted by Crippen LogP contribution is 2.26. The summed E-state index contributed by atoms with van der Waals surface area (Å²) in [6.45, 7) is 7.64. The molecule has 32 heavy (non-hydrogen) atoms. The van der Waals surface area contributed by atoms with Gasteiger partial charge < -0.3 is 15.4 Å². The predicted octanol–water partition coefficient (Wildman–Crippen LogP) is 5.19. The summed E-state index contributed by atoms with van der Waals surface area (Å²) < 4.78 is 5.35. The number of anilines is 2. The van der Waals surface area contributed by atoms with Crippen molar-refractivity contribution < 1.29 is 19.1 Å². The SMILES string of the molecule is CCNC(=O)c1cccc(NC(=O)c2cc3ccccc3cc2NC(=O)OC(C)(C)C)c1. The Labute approximate surface area is 187 Å². The Balaban J connectivity index is 1.92. The minimum absolute atomic E-state index is 0.221. The zero-order chi connectivity index (χ0) is 23.3. The molecule has 0 fully saturated rings. The number of ether oxygens (including phenoxy) is 1. The van der Waals surface area contributed by atoms with Crippen LogP contribution in [0.3, 0.4) is 0 Å². The van der Waals surface area contributed by atoms with E-state index in [2.05, 4.69) is 16.0 Å². The van der Waals surface area contributed by atoms with Crippen LogP contribution in [0.25, 0.3) is 10.8 Å². The minimum atomic E-state index is -0.678. The first-order valence-electron chi connectivity index (χ1n) is 10.4. The molecule has 0 aliphatic carbocycles. The lowest BCUT2D eigenvalue weighted by Gasteiger charge is -2.20. The molecule has 0 spiro atoms. The number of fused-ring (bicyclic) bond motifs is 1. The van der Waals surface area contributed by atoms with Crippen molar-refractivity contribution in [3.63, 3.8) is 0 Å². The van der Waals surface area contributed by atoms with Crippen LogP contribution < -0.4 is 16.0 Å². The van der Waals surface area contributed by atoms with E-state index in [4.69, 9.17) is 4.74 Å². The maximum atomic E-state index is 13.1. The quantitative estimate of drug-likeness (QED) is 0.516. The van der Waals surface area contributed by atoms with Crippen LogP contribution in [0, 0.1) is 0 Å². The van der Waals surface area contributed by atoms with Crippen molar-refractivity contribution in [2.45, 2.75) is 33.3 Å². The van der Waals surface area contributed by atoms with E-state index in [1.807, 2.05) is 31.2 Å². The molecule has 0 unspecified atom stereocenters. The average molecular weight is 434 g/mol. The van der Waals surface area contributed by atoms with Gasteiger partial charge in [-0.2, -0.15) is 0 Å². The molecular formula is C25H27N3O4. The molecule has 3 amide bonds. The normalized spacial score (nSPS) is 11.0. The maximum absolute atomic E-state index is 13.1. The first kappa shape index (κ1) is 22.8. The summed E-state index contributed by atoms with van der Waals surface area (Å²) in [5, 5.41) is 9.95. The maximum Gasteiger partial charge on any atom is 0.412 e.